The van der Waals surface area contributed by atoms with E-state index >= 15 is 0 Å². The molecule has 3 heterocycles. The van der Waals surface area contributed by atoms with Crippen molar-refractivity contribution in [3.8, 4) is 11.5 Å². The smallest absolute Gasteiger partial charge is 0.272 e. The molecule has 0 unspecified atom stereocenters. The molecule has 1 fully saturated rings. The summed E-state index contributed by atoms with van der Waals surface area (Å²) in [7, 11) is 0. The summed E-state index contributed by atoms with van der Waals surface area (Å²) in [6.07, 6.45) is 5.00. The van der Waals surface area contributed by atoms with Crippen LogP contribution in [0.5, 0.6) is 11.5 Å². The largest absolute Gasteiger partial charge is 0.486 e. The predicted molar refractivity (Wildman–Crippen MR) is 94.7 cm³/mol. The molecule has 0 saturated carbocycles. The minimum atomic E-state index is 0.00512. The van der Waals surface area contributed by atoms with Crippen LogP contribution >= 0.6 is 0 Å². The maximum absolute atomic E-state index is 12.6. The van der Waals surface area contributed by atoms with E-state index in [0.29, 0.717) is 18.9 Å². The third-order valence-corrected chi connectivity index (χ3v) is 4.45. The number of likely N-dealkylation sites (tertiary alicyclic amines) is 1. The summed E-state index contributed by atoms with van der Waals surface area (Å²) in [6, 6.07) is 9.37. The summed E-state index contributed by atoms with van der Waals surface area (Å²) in [5.41, 5.74) is 2.18. The Morgan fingerprint density at radius 3 is 2.56 bits per heavy atom. The fourth-order valence-corrected chi connectivity index (χ4v) is 3.17. The molecule has 1 aromatic heterocycles. The van der Waals surface area contributed by atoms with Crippen LogP contribution in [0.2, 0.25) is 0 Å². The second kappa shape index (κ2) is 7.01. The van der Waals surface area contributed by atoms with E-state index in [1.165, 1.54) is 6.42 Å². The van der Waals surface area contributed by atoms with Gasteiger partial charge in [0.05, 0.1) is 0 Å². The van der Waals surface area contributed by atoms with Gasteiger partial charge in [-0.15, -0.1) is 0 Å². The topological polar surface area (TPSA) is 63.7 Å². The van der Waals surface area contributed by atoms with Crippen LogP contribution in [0, 0.1) is 0 Å². The van der Waals surface area contributed by atoms with E-state index in [-0.39, 0.29) is 5.91 Å². The van der Waals surface area contributed by atoms with E-state index in [1.54, 1.807) is 12.3 Å². The lowest BCUT2D eigenvalue weighted by Gasteiger charge is -2.26. The summed E-state index contributed by atoms with van der Waals surface area (Å²) in [5.74, 6) is 1.49. The van der Waals surface area contributed by atoms with Crippen molar-refractivity contribution in [2.75, 3.05) is 31.6 Å². The fraction of sp³-hybridized carbons (Fsp3) is 0.368. The maximum atomic E-state index is 12.6. The highest BCUT2D eigenvalue weighted by molar-refractivity contribution is 5.93. The Balaban J connectivity index is 1.50. The number of carbonyl (C=O) groups is 1. The Morgan fingerprint density at radius 2 is 1.72 bits per heavy atom. The molecule has 2 aliphatic rings. The van der Waals surface area contributed by atoms with Crippen LogP contribution in [-0.2, 0) is 0 Å². The van der Waals surface area contributed by atoms with Crippen molar-refractivity contribution < 1.29 is 14.3 Å². The lowest BCUT2D eigenvalue weighted by atomic mass is 10.1. The molecule has 2 aliphatic heterocycles. The molecule has 130 valence electrons. The third kappa shape index (κ3) is 3.52. The number of ether oxygens (including phenoxy) is 2. The molecule has 0 atom stereocenters. The minimum Gasteiger partial charge on any atom is -0.486 e. The van der Waals surface area contributed by atoms with E-state index < -0.39 is 0 Å². The first-order valence-corrected chi connectivity index (χ1v) is 8.71. The standard InChI is InChI=1S/C19H21N3O3/c23-19(22-8-2-1-3-9-22)16-12-15(6-7-20-16)21-14-4-5-17-18(13-14)25-11-10-24-17/h4-7,12-13H,1-3,8-11H2,(H,20,21). The van der Waals surface area contributed by atoms with Crippen LogP contribution in [-0.4, -0.2) is 42.1 Å². The normalized spacial score (nSPS) is 16.4. The first-order valence-electron chi connectivity index (χ1n) is 8.71. The van der Waals surface area contributed by atoms with Gasteiger partial charge in [-0.1, -0.05) is 0 Å². The number of pyridine rings is 1. The van der Waals surface area contributed by atoms with Crippen molar-refractivity contribution >= 4 is 17.3 Å². The molecule has 1 amide bonds. The molecule has 1 N–H and O–H groups in total. The Hall–Kier alpha value is -2.76. The first kappa shape index (κ1) is 15.7. The van der Waals surface area contributed by atoms with Gasteiger partial charge in [0.1, 0.15) is 18.9 Å². The predicted octanol–water partition coefficient (Wildman–Crippen LogP) is 3.22. The number of nitrogens with one attached hydrogen (secondary N) is 1. The highest BCUT2D eigenvalue weighted by atomic mass is 16.6. The molecular weight excluding hydrogens is 318 g/mol. The number of hydrogen-bond acceptors (Lipinski definition) is 5. The van der Waals surface area contributed by atoms with Gasteiger partial charge in [-0.05, 0) is 43.5 Å². The van der Waals surface area contributed by atoms with Crippen molar-refractivity contribution in [1.29, 1.82) is 0 Å². The summed E-state index contributed by atoms with van der Waals surface area (Å²) in [6.45, 7) is 2.77. The van der Waals surface area contributed by atoms with E-state index in [9.17, 15) is 4.79 Å². The highest BCUT2D eigenvalue weighted by Crippen LogP contribution is 2.33. The number of piperidine rings is 1. The average Bonchev–Trinajstić information content (AvgIpc) is 2.68. The van der Waals surface area contributed by atoms with Gasteiger partial charge in [-0.3, -0.25) is 9.78 Å². The number of hydrogen-bond donors (Lipinski definition) is 1. The van der Waals surface area contributed by atoms with Crippen LogP contribution in [0.4, 0.5) is 11.4 Å². The zero-order chi connectivity index (χ0) is 17.1. The molecule has 0 radical (unpaired) electrons. The lowest BCUT2D eigenvalue weighted by molar-refractivity contribution is 0.0718. The Morgan fingerprint density at radius 1 is 0.960 bits per heavy atom. The Kier molecular flexibility index (Phi) is 4.41. The number of nitrogens with zero attached hydrogens (tertiary/aromatic N) is 2. The van der Waals surface area contributed by atoms with Gasteiger partial charge in [0, 0.05) is 36.7 Å². The molecule has 6 nitrogen and oxygen atoms in total. The summed E-state index contributed by atoms with van der Waals surface area (Å²) >= 11 is 0. The molecule has 2 aromatic rings. The van der Waals surface area contributed by atoms with Crippen molar-refractivity contribution in [3.63, 3.8) is 0 Å². The van der Waals surface area contributed by atoms with Gasteiger partial charge in [0.15, 0.2) is 11.5 Å². The summed E-state index contributed by atoms with van der Waals surface area (Å²) in [5, 5.41) is 3.31. The van der Waals surface area contributed by atoms with Crippen LogP contribution in [0.25, 0.3) is 0 Å². The second-order valence-corrected chi connectivity index (χ2v) is 6.27. The molecule has 4 rings (SSSR count). The molecule has 0 aliphatic carbocycles. The zero-order valence-corrected chi connectivity index (χ0v) is 14.0. The molecule has 6 heteroatoms. The first-order chi connectivity index (χ1) is 12.3. The number of fused-ring (bicyclic) bond motifs is 1. The van der Waals surface area contributed by atoms with Crippen LogP contribution in [0.15, 0.2) is 36.5 Å². The van der Waals surface area contributed by atoms with E-state index in [0.717, 1.165) is 48.8 Å². The number of carbonyl (C=O) groups excluding carboxylic acids is 1. The van der Waals surface area contributed by atoms with Gasteiger partial charge in [-0.2, -0.15) is 0 Å². The minimum absolute atomic E-state index is 0.00512. The van der Waals surface area contributed by atoms with Crippen LogP contribution in [0.1, 0.15) is 29.8 Å². The molecule has 0 bridgehead atoms. The monoisotopic (exact) mass is 339 g/mol. The summed E-state index contributed by atoms with van der Waals surface area (Å²) < 4.78 is 11.1. The molecule has 1 aromatic carbocycles. The van der Waals surface area contributed by atoms with Crippen LogP contribution < -0.4 is 14.8 Å². The quantitative estimate of drug-likeness (QED) is 0.930. The SMILES string of the molecule is O=C(c1cc(Nc2ccc3c(c2)OCCO3)ccn1)N1CCCCC1. The number of benzene rings is 1. The van der Waals surface area contributed by atoms with Gasteiger partial charge < -0.3 is 19.7 Å². The molecular formula is C19H21N3O3. The molecule has 25 heavy (non-hydrogen) atoms. The molecule has 0 spiro atoms. The number of rotatable bonds is 3. The van der Waals surface area contributed by atoms with E-state index in [1.807, 2.05) is 29.2 Å². The average molecular weight is 339 g/mol. The van der Waals surface area contributed by atoms with Gasteiger partial charge in [0.2, 0.25) is 0 Å². The number of anilines is 2. The maximum Gasteiger partial charge on any atom is 0.272 e. The van der Waals surface area contributed by atoms with Crippen molar-refractivity contribution in [2.45, 2.75) is 19.3 Å². The number of amides is 1. The summed E-state index contributed by atoms with van der Waals surface area (Å²) in [4.78, 5) is 18.7. The lowest BCUT2D eigenvalue weighted by Crippen LogP contribution is -2.36. The van der Waals surface area contributed by atoms with Crippen molar-refractivity contribution in [3.05, 3.63) is 42.2 Å². The zero-order valence-electron chi connectivity index (χ0n) is 14.0. The van der Waals surface area contributed by atoms with Crippen molar-refractivity contribution in [1.82, 2.24) is 9.88 Å². The molecule has 1 saturated heterocycles. The Labute approximate surface area is 146 Å². The van der Waals surface area contributed by atoms with E-state index in [4.69, 9.17) is 9.47 Å². The fourth-order valence-electron chi connectivity index (χ4n) is 3.17. The third-order valence-electron chi connectivity index (χ3n) is 4.45. The van der Waals surface area contributed by atoms with Gasteiger partial charge in [-0.25, -0.2) is 0 Å². The van der Waals surface area contributed by atoms with Crippen LogP contribution in [0.3, 0.4) is 0 Å². The number of aromatic nitrogens is 1. The Bertz CT molecular complexity index is 772. The second-order valence-electron chi connectivity index (χ2n) is 6.27. The van der Waals surface area contributed by atoms with E-state index in [2.05, 4.69) is 10.3 Å². The van der Waals surface area contributed by atoms with Crippen molar-refractivity contribution in [2.24, 2.45) is 0 Å². The van der Waals surface area contributed by atoms with Gasteiger partial charge >= 0.3 is 0 Å². The van der Waals surface area contributed by atoms with Gasteiger partial charge in [0.25, 0.3) is 5.91 Å². The highest BCUT2D eigenvalue weighted by Gasteiger charge is 2.19.